The molecule has 168 valence electrons. The summed E-state index contributed by atoms with van der Waals surface area (Å²) in [6, 6.07) is 13.3. The lowest BCUT2D eigenvalue weighted by Crippen LogP contribution is -2.16. The van der Waals surface area contributed by atoms with Crippen molar-refractivity contribution in [1.82, 2.24) is 15.0 Å². The molecule has 3 aromatic rings. The highest BCUT2D eigenvalue weighted by atomic mass is 16.5. The second kappa shape index (κ2) is 8.50. The number of hydrogen-bond acceptors (Lipinski definition) is 6. The number of fused-ring (bicyclic) bond motifs is 1. The minimum Gasteiger partial charge on any atom is -0.508 e. The quantitative estimate of drug-likeness (QED) is 0.472. The molecule has 0 saturated heterocycles. The van der Waals surface area contributed by atoms with Crippen molar-refractivity contribution in [2.24, 2.45) is 5.92 Å². The van der Waals surface area contributed by atoms with Gasteiger partial charge in [0.2, 0.25) is 0 Å². The highest BCUT2D eigenvalue weighted by molar-refractivity contribution is 6.17. The SMILES string of the molecule is COC(=O)C(=CC1C=CC(O)=CC1=O)c1cc(-n2nc3ccccc3n2)cc(C(C)(C)C)c1. The molecule has 1 N–H and O–H groups in total. The molecule has 0 bridgehead atoms. The van der Waals surface area contributed by atoms with Gasteiger partial charge in [-0.25, -0.2) is 4.79 Å². The molecule has 4 rings (SSSR count). The van der Waals surface area contributed by atoms with Crippen LogP contribution >= 0.6 is 0 Å². The van der Waals surface area contributed by atoms with Crippen LogP contribution in [0.3, 0.4) is 0 Å². The van der Waals surface area contributed by atoms with Crippen LogP contribution in [-0.4, -0.2) is 39.0 Å². The van der Waals surface area contributed by atoms with Crippen LogP contribution in [0.15, 0.2) is 72.5 Å². The van der Waals surface area contributed by atoms with E-state index >= 15 is 0 Å². The van der Waals surface area contributed by atoms with Gasteiger partial charge >= 0.3 is 5.97 Å². The van der Waals surface area contributed by atoms with E-state index in [9.17, 15) is 14.7 Å². The first-order valence-corrected chi connectivity index (χ1v) is 10.6. The molecule has 1 unspecified atom stereocenters. The van der Waals surface area contributed by atoms with Crippen LogP contribution in [0.4, 0.5) is 0 Å². The van der Waals surface area contributed by atoms with Gasteiger partial charge in [-0.05, 0) is 46.9 Å². The predicted octanol–water partition coefficient (Wildman–Crippen LogP) is 4.47. The van der Waals surface area contributed by atoms with E-state index in [0.29, 0.717) is 11.3 Å². The van der Waals surface area contributed by atoms with E-state index < -0.39 is 11.9 Å². The van der Waals surface area contributed by atoms with Crippen molar-refractivity contribution in [3.63, 3.8) is 0 Å². The predicted molar refractivity (Wildman–Crippen MR) is 126 cm³/mol. The molecular formula is C26H25N3O4. The Bertz CT molecular complexity index is 1310. The summed E-state index contributed by atoms with van der Waals surface area (Å²) in [7, 11) is 1.30. The van der Waals surface area contributed by atoms with Crippen molar-refractivity contribution in [2.45, 2.75) is 26.2 Å². The number of aliphatic hydroxyl groups excluding tert-OH is 1. The van der Waals surface area contributed by atoms with E-state index in [1.165, 1.54) is 13.2 Å². The van der Waals surface area contributed by atoms with Crippen LogP contribution in [0.25, 0.3) is 22.3 Å². The molecule has 0 radical (unpaired) electrons. The van der Waals surface area contributed by atoms with Crippen LogP contribution in [0.2, 0.25) is 0 Å². The fraction of sp³-hybridized carbons (Fsp3) is 0.231. The Labute approximate surface area is 191 Å². The molecule has 0 aliphatic heterocycles. The van der Waals surface area contributed by atoms with Crippen LogP contribution in [0, 0.1) is 5.92 Å². The number of methoxy groups -OCH3 is 1. The van der Waals surface area contributed by atoms with Gasteiger partial charge in [-0.3, -0.25) is 4.79 Å². The first kappa shape index (κ1) is 22.2. The minimum absolute atomic E-state index is 0.113. The van der Waals surface area contributed by atoms with E-state index in [4.69, 9.17) is 4.74 Å². The van der Waals surface area contributed by atoms with E-state index in [1.807, 2.05) is 36.4 Å². The smallest absolute Gasteiger partial charge is 0.338 e. The average Bonchev–Trinajstić information content (AvgIpc) is 3.21. The number of allylic oxidation sites excluding steroid dienone is 4. The van der Waals surface area contributed by atoms with Crippen molar-refractivity contribution >= 4 is 28.4 Å². The molecule has 1 atom stereocenters. The summed E-state index contributed by atoms with van der Waals surface area (Å²) in [5, 5.41) is 18.7. The lowest BCUT2D eigenvalue weighted by molar-refractivity contribution is -0.133. The third kappa shape index (κ3) is 4.62. The number of ketones is 1. The lowest BCUT2D eigenvalue weighted by Gasteiger charge is -2.22. The summed E-state index contributed by atoms with van der Waals surface area (Å²) in [5.41, 5.74) is 3.78. The number of aliphatic hydroxyl groups is 1. The average molecular weight is 444 g/mol. The fourth-order valence-electron chi connectivity index (χ4n) is 3.59. The van der Waals surface area contributed by atoms with Crippen LogP contribution in [-0.2, 0) is 19.7 Å². The van der Waals surface area contributed by atoms with Gasteiger partial charge in [-0.2, -0.15) is 4.80 Å². The molecule has 0 spiro atoms. The number of nitrogens with zero attached hydrogens (tertiary/aromatic N) is 3. The van der Waals surface area contributed by atoms with Crippen molar-refractivity contribution in [3.05, 3.63) is 83.7 Å². The topological polar surface area (TPSA) is 94.3 Å². The first-order valence-electron chi connectivity index (χ1n) is 10.6. The van der Waals surface area contributed by atoms with E-state index in [1.54, 1.807) is 23.0 Å². The Morgan fingerprint density at radius 2 is 1.79 bits per heavy atom. The minimum atomic E-state index is -0.692. The Hall–Kier alpha value is -4.00. The zero-order chi connectivity index (χ0) is 23.8. The highest BCUT2D eigenvalue weighted by Gasteiger charge is 2.24. The van der Waals surface area contributed by atoms with E-state index in [2.05, 4.69) is 31.0 Å². The Kier molecular flexibility index (Phi) is 5.72. The Morgan fingerprint density at radius 3 is 2.36 bits per heavy atom. The van der Waals surface area contributed by atoms with Gasteiger partial charge in [0, 0.05) is 6.08 Å². The fourth-order valence-corrected chi connectivity index (χ4v) is 3.59. The zero-order valence-electron chi connectivity index (χ0n) is 18.9. The summed E-state index contributed by atoms with van der Waals surface area (Å²) in [5.74, 6) is -1.69. The zero-order valence-corrected chi connectivity index (χ0v) is 18.9. The van der Waals surface area contributed by atoms with Gasteiger partial charge in [0.1, 0.15) is 16.8 Å². The summed E-state index contributed by atoms with van der Waals surface area (Å²) in [6.07, 6.45) is 5.70. The number of ether oxygens (including phenoxy) is 1. The second-order valence-electron chi connectivity index (χ2n) is 8.93. The monoisotopic (exact) mass is 443 g/mol. The Morgan fingerprint density at radius 1 is 1.12 bits per heavy atom. The number of carbonyl (C=O) groups is 2. The molecule has 0 fully saturated rings. The molecule has 33 heavy (non-hydrogen) atoms. The van der Waals surface area contributed by atoms with Gasteiger partial charge in [0.15, 0.2) is 5.78 Å². The molecule has 7 heteroatoms. The van der Waals surface area contributed by atoms with Crippen LogP contribution < -0.4 is 0 Å². The molecule has 2 aromatic carbocycles. The van der Waals surface area contributed by atoms with Crippen LogP contribution in [0.5, 0.6) is 0 Å². The molecule has 1 aliphatic carbocycles. The number of hydrogen-bond donors (Lipinski definition) is 1. The maximum atomic E-state index is 12.8. The van der Waals surface area contributed by atoms with E-state index in [-0.39, 0.29) is 22.5 Å². The number of benzene rings is 2. The molecule has 0 saturated carbocycles. The molecule has 1 aliphatic rings. The molecule has 1 aromatic heterocycles. The van der Waals surface area contributed by atoms with E-state index in [0.717, 1.165) is 22.7 Å². The summed E-state index contributed by atoms with van der Waals surface area (Å²) >= 11 is 0. The molecule has 0 amide bonds. The largest absolute Gasteiger partial charge is 0.508 e. The van der Waals surface area contributed by atoms with Gasteiger partial charge < -0.3 is 9.84 Å². The third-order valence-electron chi connectivity index (χ3n) is 5.46. The number of esters is 1. The highest BCUT2D eigenvalue weighted by Crippen LogP contribution is 2.30. The first-order chi connectivity index (χ1) is 15.7. The standard InChI is InChI=1S/C26H25N3O4/c1-26(2,3)18-11-17(12-19(14-18)29-27-22-7-5-6-8-23(22)28-29)21(25(32)33-4)13-16-9-10-20(30)15-24(16)31/h5-16,30H,1-4H3. The summed E-state index contributed by atoms with van der Waals surface area (Å²) < 4.78 is 5.04. The number of rotatable bonds is 4. The molecular weight excluding hydrogens is 418 g/mol. The van der Waals surface area contributed by atoms with Crippen molar-refractivity contribution in [3.8, 4) is 5.69 Å². The molecule has 1 heterocycles. The second-order valence-corrected chi connectivity index (χ2v) is 8.93. The van der Waals surface area contributed by atoms with Crippen molar-refractivity contribution in [2.75, 3.05) is 7.11 Å². The lowest BCUT2D eigenvalue weighted by atomic mass is 9.84. The molecule has 7 nitrogen and oxygen atoms in total. The van der Waals surface area contributed by atoms with Gasteiger partial charge in [-0.1, -0.05) is 51.1 Å². The summed E-state index contributed by atoms with van der Waals surface area (Å²) in [4.78, 5) is 26.7. The van der Waals surface area contributed by atoms with Gasteiger partial charge in [0.05, 0.1) is 24.3 Å². The normalized spacial score (nSPS) is 16.7. The number of aromatic nitrogens is 3. The third-order valence-corrected chi connectivity index (χ3v) is 5.46. The van der Waals surface area contributed by atoms with Crippen molar-refractivity contribution in [1.29, 1.82) is 0 Å². The van der Waals surface area contributed by atoms with Gasteiger partial charge in [0.25, 0.3) is 0 Å². The van der Waals surface area contributed by atoms with Crippen LogP contribution in [0.1, 0.15) is 31.9 Å². The maximum absolute atomic E-state index is 12.8. The number of carbonyl (C=O) groups excluding carboxylic acids is 2. The summed E-state index contributed by atoms with van der Waals surface area (Å²) in [6.45, 7) is 6.22. The maximum Gasteiger partial charge on any atom is 0.338 e. The van der Waals surface area contributed by atoms with Gasteiger partial charge in [-0.15, -0.1) is 10.2 Å². The Balaban J connectivity index is 1.89. The van der Waals surface area contributed by atoms with Crippen molar-refractivity contribution < 1.29 is 19.4 Å².